The fourth-order valence-corrected chi connectivity index (χ4v) is 1.85. The molecule has 0 saturated carbocycles. The second-order valence-corrected chi connectivity index (χ2v) is 7.66. The minimum atomic E-state index is -5.08. The van der Waals surface area contributed by atoms with Gasteiger partial charge in [-0.3, -0.25) is 4.79 Å². The molecule has 1 unspecified atom stereocenters. The number of carboxylic acids is 2. The van der Waals surface area contributed by atoms with Gasteiger partial charge in [-0.05, 0) is 18.3 Å². The van der Waals surface area contributed by atoms with Crippen LogP contribution in [0, 0.1) is 11.8 Å². The SMILES string of the molecule is CC[C@H](C)[C@@H](NCC(N)CS)C(=O)NCCC(C)C.O=C(O)C(F)(F)F.O=C(O)C(F)(F)F. The number of aliphatic carboxylic acids is 2. The highest BCUT2D eigenvalue weighted by Gasteiger charge is 2.38. The number of alkyl halides is 6. The molecule has 0 fully saturated rings. The summed E-state index contributed by atoms with van der Waals surface area (Å²) in [7, 11) is 0. The first-order chi connectivity index (χ1) is 14.8. The number of halogens is 6. The number of rotatable bonds is 10. The third-order valence-electron chi connectivity index (χ3n) is 3.84. The molecule has 15 heteroatoms. The van der Waals surface area contributed by atoms with E-state index in [9.17, 15) is 31.1 Å². The minimum absolute atomic E-state index is 0.0154. The van der Waals surface area contributed by atoms with E-state index in [0.717, 1.165) is 19.4 Å². The maximum atomic E-state index is 12.2. The lowest BCUT2D eigenvalue weighted by molar-refractivity contribution is -0.193. The number of hydrogen-bond donors (Lipinski definition) is 6. The van der Waals surface area contributed by atoms with E-state index in [1.807, 2.05) is 0 Å². The summed E-state index contributed by atoms with van der Waals surface area (Å²) < 4.78 is 63.5. The van der Waals surface area contributed by atoms with Crippen LogP contribution in [0.1, 0.15) is 40.5 Å². The minimum Gasteiger partial charge on any atom is -0.475 e. The van der Waals surface area contributed by atoms with Crippen LogP contribution >= 0.6 is 12.6 Å². The Morgan fingerprint density at radius 1 is 0.970 bits per heavy atom. The molecule has 0 aromatic heterocycles. The van der Waals surface area contributed by atoms with Gasteiger partial charge in [0.25, 0.3) is 0 Å². The molecule has 0 heterocycles. The summed E-state index contributed by atoms with van der Waals surface area (Å²) in [6.07, 6.45) is -8.19. The zero-order valence-electron chi connectivity index (χ0n) is 18.8. The molecule has 1 amide bonds. The first-order valence-electron chi connectivity index (χ1n) is 9.78. The van der Waals surface area contributed by atoms with Crippen LogP contribution in [0.15, 0.2) is 0 Å². The third kappa shape index (κ3) is 21.8. The van der Waals surface area contributed by atoms with Crippen molar-refractivity contribution < 1.29 is 50.9 Å². The van der Waals surface area contributed by atoms with Gasteiger partial charge in [0.15, 0.2) is 0 Å². The molecule has 0 aliphatic rings. The van der Waals surface area contributed by atoms with Crippen molar-refractivity contribution in [1.82, 2.24) is 10.6 Å². The normalized spacial score (nSPS) is 14.1. The van der Waals surface area contributed by atoms with Gasteiger partial charge in [-0.2, -0.15) is 39.0 Å². The van der Waals surface area contributed by atoms with Crippen molar-refractivity contribution in [2.45, 2.75) is 65.0 Å². The van der Waals surface area contributed by atoms with Crippen LogP contribution in [-0.4, -0.2) is 71.3 Å². The van der Waals surface area contributed by atoms with E-state index in [1.54, 1.807) is 0 Å². The van der Waals surface area contributed by atoms with Crippen LogP contribution in [0.2, 0.25) is 0 Å². The van der Waals surface area contributed by atoms with Crippen molar-refractivity contribution in [3.8, 4) is 0 Å². The van der Waals surface area contributed by atoms with Crippen LogP contribution in [0.4, 0.5) is 26.3 Å². The summed E-state index contributed by atoms with van der Waals surface area (Å²) in [6.45, 7) is 9.86. The number of amides is 1. The van der Waals surface area contributed by atoms with Crippen molar-refractivity contribution in [1.29, 1.82) is 0 Å². The first-order valence-corrected chi connectivity index (χ1v) is 10.4. The number of nitrogens with one attached hydrogen (secondary N) is 2. The van der Waals surface area contributed by atoms with Crippen LogP contribution in [0.25, 0.3) is 0 Å². The molecule has 0 aliphatic carbocycles. The Hall–Kier alpha value is -1.74. The molecule has 0 rings (SSSR count). The maximum absolute atomic E-state index is 12.2. The number of thiol groups is 1. The highest BCUT2D eigenvalue weighted by Crippen LogP contribution is 2.13. The zero-order valence-corrected chi connectivity index (χ0v) is 19.7. The molecule has 0 aliphatic heterocycles. The molecule has 0 saturated heterocycles. The van der Waals surface area contributed by atoms with Crippen molar-refractivity contribution >= 4 is 30.5 Å². The summed E-state index contributed by atoms with van der Waals surface area (Å²) in [4.78, 5) is 30.0. The molecule has 6 N–H and O–H groups in total. The third-order valence-corrected chi connectivity index (χ3v) is 4.30. The summed E-state index contributed by atoms with van der Waals surface area (Å²) in [5.41, 5.74) is 5.83. The predicted octanol–water partition coefficient (Wildman–Crippen LogP) is 2.68. The van der Waals surface area contributed by atoms with Crippen LogP contribution in [0.5, 0.6) is 0 Å². The molecule has 0 bridgehead atoms. The van der Waals surface area contributed by atoms with E-state index in [2.05, 4.69) is 51.0 Å². The lowest BCUT2D eigenvalue weighted by Crippen LogP contribution is -2.51. The first kappa shape index (κ1) is 35.8. The quantitative estimate of drug-likeness (QED) is 0.193. The Labute approximate surface area is 194 Å². The van der Waals surface area contributed by atoms with Crippen molar-refractivity contribution in [3.05, 3.63) is 0 Å². The van der Waals surface area contributed by atoms with Gasteiger partial charge in [0, 0.05) is 24.9 Å². The van der Waals surface area contributed by atoms with Crippen molar-refractivity contribution in [2.24, 2.45) is 17.6 Å². The van der Waals surface area contributed by atoms with E-state index in [-0.39, 0.29) is 18.0 Å². The van der Waals surface area contributed by atoms with E-state index in [1.165, 1.54) is 0 Å². The number of carboxylic acid groups (broad SMARTS) is 2. The highest BCUT2D eigenvalue weighted by atomic mass is 32.1. The van der Waals surface area contributed by atoms with Gasteiger partial charge in [0.1, 0.15) is 0 Å². The average molecular weight is 518 g/mol. The molecule has 8 nitrogen and oxygen atoms in total. The fourth-order valence-electron chi connectivity index (χ4n) is 1.72. The van der Waals surface area contributed by atoms with Gasteiger partial charge in [0.2, 0.25) is 5.91 Å². The molecule has 3 atom stereocenters. The molecular formula is C18H33F6N3O5S. The Bertz CT molecular complexity index is 553. The number of hydrogen-bond acceptors (Lipinski definition) is 6. The molecule has 198 valence electrons. The number of carbonyl (C=O) groups is 3. The Morgan fingerprint density at radius 2 is 1.36 bits per heavy atom. The topological polar surface area (TPSA) is 142 Å². The van der Waals surface area contributed by atoms with Gasteiger partial charge in [-0.1, -0.05) is 34.1 Å². The van der Waals surface area contributed by atoms with E-state index < -0.39 is 24.3 Å². The molecular weight excluding hydrogens is 484 g/mol. The molecule has 0 radical (unpaired) electrons. The summed E-state index contributed by atoms with van der Waals surface area (Å²) in [5.74, 6) is -3.91. The van der Waals surface area contributed by atoms with E-state index in [4.69, 9.17) is 25.5 Å². The Kier molecular flexibility index (Phi) is 19.2. The second-order valence-electron chi connectivity index (χ2n) is 7.29. The lowest BCUT2D eigenvalue weighted by Gasteiger charge is -2.25. The number of carbonyl (C=O) groups excluding carboxylic acids is 1. The van der Waals surface area contributed by atoms with Gasteiger partial charge in [-0.15, -0.1) is 0 Å². The second kappa shape index (κ2) is 17.7. The molecule has 0 aromatic carbocycles. The smallest absolute Gasteiger partial charge is 0.475 e. The van der Waals surface area contributed by atoms with Gasteiger partial charge >= 0.3 is 24.3 Å². The van der Waals surface area contributed by atoms with Crippen molar-refractivity contribution in [3.63, 3.8) is 0 Å². The monoisotopic (exact) mass is 517 g/mol. The Balaban J connectivity index is -0.000000524. The van der Waals surface area contributed by atoms with Crippen LogP contribution < -0.4 is 16.4 Å². The maximum Gasteiger partial charge on any atom is 0.490 e. The fraction of sp³-hybridized carbons (Fsp3) is 0.833. The highest BCUT2D eigenvalue weighted by molar-refractivity contribution is 7.80. The summed E-state index contributed by atoms with van der Waals surface area (Å²) >= 11 is 4.16. The zero-order chi connectivity index (χ0) is 27.0. The lowest BCUT2D eigenvalue weighted by atomic mass is 9.98. The largest absolute Gasteiger partial charge is 0.490 e. The van der Waals surface area contributed by atoms with E-state index >= 15 is 0 Å². The molecule has 33 heavy (non-hydrogen) atoms. The summed E-state index contributed by atoms with van der Waals surface area (Å²) in [5, 5.41) is 20.5. The molecule has 0 aromatic rings. The average Bonchev–Trinajstić information content (AvgIpc) is 2.66. The van der Waals surface area contributed by atoms with Crippen LogP contribution in [-0.2, 0) is 14.4 Å². The van der Waals surface area contributed by atoms with Gasteiger partial charge < -0.3 is 26.6 Å². The standard InChI is InChI=1S/C14H31N3OS.2C2HF3O2/c1-5-11(4)13(17-8-12(15)9-19)14(18)16-7-6-10(2)3;2*3-2(4,5)1(6)7/h10-13,17,19H,5-9,15H2,1-4H3,(H,16,18);2*(H,6,7)/t11-,12?,13+;;/m0../s1. The van der Waals surface area contributed by atoms with E-state index in [0.29, 0.717) is 24.1 Å². The summed E-state index contributed by atoms with van der Waals surface area (Å²) in [6, 6.07) is -0.179. The van der Waals surface area contributed by atoms with Crippen molar-refractivity contribution in [2.75, 3.05) is 18.8 Å². The number of nitrogens with two attached hydrogens (primary N) is 1. The predicted molar refractivity (Wildman–Crippen MR) is 113 cm³/mol. The van der Waals surface area contributed by atoms with Crippen LogP contribution in [0.3, 0.4) is 0 Å². The Morgan fingerprint density at radius 3 is 1.64 bits per heavy atom. The molecule has 0 spiro atoms. The van der Waals surface area contributed by atoms with Gasteiger partial charge in [-0.25, -0.2) is 9.59 Å². The van der Waals surface area contributed by atoms with Gasteiger partial charge in [0.05, 0.1) is 6.04 Å².